The van der Waals surface area contributed by atoms with Crippen molar-refractivity contribution in [2.75, 3.05) is 26.8 Å². The summed E-state index contributed by atoms with van der Waals surface area (Å²) in [7, 11) is 1.62. The Labute approximate surface area is 108 Å². The van der Waals surface area contributed by atoms with Crippen molar-refractivity contribution in [1.29, 1.82) is 0 Å². The van der Waals surface area contributed by atoms with E-state index in [9.17, 15) is 4.79 Å². The van der Waals surface area contributed by atoms with Gasteiger partial charge in [0.2, 0.25) is 5.91 Å². The lowest BCUT2D eigenvalue weighted by Gasteiger charge is -2.13. The van der Waals surface area contributed by atoms with E-state index >= 15 is 0 Å². The molecule has 0 aliphatic carbocycles. The molecule has 100 valence electrons. The van der Waals surface area contributed by atoms with Crippen LogP contribution in [0, 0.1) is 0 Å². The fourth-order valence-corrected chi connectivity index (χ4v) is 1.55. The van der Waals surface area contributed by atoms with Gasteiger partial charge in [-0.1, -0.05) is 0 Å². The minimum Gasteiger partial charge on any atom is -0.383 e. The summed E-state index contributed by atoms with van der Waals surface area (Å²) in [6.45, 7) is 3.84. The molecule has 0 aliphatic heterocycles. The van der Waals surface area contributed by atoms with Crippen LogP contribution in [0.4, 0.5) is 0 Å². The summed E-state index contributed by atoms with van der Waals surface area (Å²) in [6, 6.07) is 4.16. The molecule has 0 aliphatic rings. The Morgan fingerprint density at radius 1 is 1.39 bits per heavy atom. The van der Waals surface area contributed by atoms with Crippen molar-refractivity contribution >= 4 is 5.91 Å². The summed E-state index contributed by atoms with van der Waals surface area (Å²) in [5, 5.41) is 6.08. The Morgan fingerprint density at radius 2 is 2.11 bits per heavy atom. The molecular weight excluding hydrogens is 230 g/mol. The molecule has 0 aromatic carbocycles. The topological polar surface area (TPSA) is 63.2 Å². The summed E-state index contributed by atoms with van der Waals surface area (Å²) in [4.78, 5) is 15.4. The van der Waals surface area contributed by atoms with E-state index < -0.39 is 0 Å². The first-order valence-corrected chi connectivity index (χ1v) is 6.13. The van der Waals surface area contributed by atoms with Crippen LogP contribution >= 0.6 is 0 Å². The van der Waals surface area contributed by atoms with Crippen LogP contribution < -0.4 is 10.6 Å². The first-order chi connectivity index (χ1) is 8.74. The van der Waals surface area contributed by atoms with Gasteiger partial charge in [0.25, 0.3) is 0 Å². The molecule has 1 atom stereocenters. The Bertz CT molecular complexity index is 343. The lowest BCUT2D eigenvalue weighted by molar-refractivity contribution is -0.121. The summed E-state index contributed by atoms with van der Waals surface area (Å²) in [5.74, 6) is 0.0430. The van der Waals surface area contributed by atoms with Gasteiger partial charge in [-0.2, -0.15) is 0 Å². The molecule has 1 aromatic rings. The molecule has 0 spiro atoms. The largest absolute Gasteiger partial charge is 0.383 e. The van der Waals surface area contributed by atoms with E-state index in [-0.39, 0.29) is 11.9 Å². The predicted molar refractivity (Wildman–Crippen MR) is 70.2 cm³/mol. The van der Waals surface area contributed by atoms with Gasteiger partial charge in [0.1, 0.15) is 0 Å². The standard InChI is InChI=1S/C13H21N3O2/c1-11(12-3-6-14-7-4-12)15-8-5-13(17)16-9-10-18-2/h3-4,6-7,11,15H,5,8-10H2,1-2H3,(H,16,17). The number of rotatable bonds is 8. The zero-order valence-corrected chi connectivity index (χ0v) is 11.0. The lowest BCUT2D eigenvalue weighted by atomic mass is 10.1. The predicted octanol–water partition coefficient (Wildman–Crippen LogP) is 0.885. The van der Waals surface area contributed by atoms with Crippen LogP contribution in [0.3, 0.4) is 0 Å². The highest BCUT2D eigenvalue weighted by Gasteiger charge is 2.05. The Morgan fingerprint density at radius 3 is 2.78 bits per heavy atom. The van der Waals surface area contributed by atoms with Crippen LogP contribution in [-0.2, 0) is 9.53 Å². The van der Waals surface area contributed by atoms with E-state index in [0.717, 1.165) is 0 Å². The Hall–Kier alpha value is -1.46. The molecule has 0 saturated heterocycles. The number of aromatic nitrogens is 1. The molecule has 0 saturated carbocycles. The number of methoxy groups -OCH3 is 1. The number of pyridine rings is 1. The third-order valence-electron chi connectivity index (χ3n) is 2.64. The van der Waals surface area contributed by atoms with Gasteiger partial charge in [0.05, 0.1) is 6.61 Å². The van der Waals surface area contributed by atoms with Gasteiger partial charge in [0.15, 0.2) is 0 Å². The number of nitrogens with zero attached hydrogens (tertiary/aromatic N) is 1. The average molecular weight is 251 g/mol. The average Bonchev–Trinajstić information content (AvgIpc) is 2.40. The molecule has 0 fully saturated rings. The second kappa shape index (κ2) is 8.60. The van der Waals surface area contributed by atoms with Crippen molar-refractivity contribution in [2.45, 2.75) is 19.4 Å². The number of hydrogen-bond acceptors (Lipinski definition) is 4. The molecule has 1 aromatic heterocycles. The van der Waals surface area contributed by atoms with Crippen molar-refractivity contribution in [1.82, 2.24) is 15.6 Å². The molecule has 1 heterocycles. The van der Waals surface area contributed by atoms with E-state index in [2.05, 4.69) is 22.5 Å². The van der Waals surface area contributed by atoms with Crippen molar-refractivity contribution in [3.05, 3.63) is 30.1 Å². The maximum absolute atomic E-state index is 11.4. The minimum atomic E-state index is 0.0430. The first kappa shape index (κ1) is 14.6. The van der Waals surface area contributed by atoms with Crippen molar-refractivity contribution in [3.8, 4) is 0 Å². The molecule has 0 bridgehead atoms. The molecule has 1 amide bonds. The van der Waals surface area contributed by atoms with Gasteiger partial charge in [-0.25, -0.2) is 0 Å². The quantitative estimate of drug-likeness (QED) is 0.673. The van der Waals surface area contributed by atoms with Crippen molar-refractivity contribution in [2.24, 2.45) is 0 Å². The Balaban J connectivity index is 2.16. The van der Waals surface area contributed by atoms with Crippen LogP contribution in [0.1, 0.15) is 24.9 Å². The number of carbonyl (C=O) groups is 1. The van der Waals surface area contributed by atoms with Crippen LogP contribution in [0.2, 0.25) is 0 Å². The summed E-state index contributed by atoms with van der Waals surface area (Å²) < 4.78 is 4.86. The van der Waals surface area contributed by atoms with Gasteiger partial charge < -0.3 is 15.4 Å². The zero-order chi connectivity index (χ0) is 13.2. The van der Waals surface area contributed by atoms with E-state index in [1.807, 2.05) is 12.1 Å². The normalized spacial score (nSPS) is 12.1. The number of amides is 1. The maximum atomic E-state index is 11.4. The van der Waals surface area contributed by atoms with Crippen LogP contribution in [0.15, 0.2) is 24.5 Å². The minimum absolute atomic E-state index is 0.0430. The van der Waals surface area contributed by atoms with E-state index in [0.29, 0.717) is 26.1 Å². The number of carbonyl (C=O) groups excluding carboxylic acids is 1. The molecule has 2 N–H and O–H groups in total. The summed E-state index contributed by atoms with van der Waals surface area (Å²) in [6.07, 6.45) is 4.01. The summed E-state index contributed by atoms with van der Waals surface area (Å²) >= 11 is 0. The molecule has 0 radical (unpaired) electrons. The highest BCUT2D eigenvalue weighted by molar-refractivity contribution is 5.76. The molecule has 1 rings (SSSR count). The van der Waals surface area contributed by atoms with E-state index in [1.54, 1.807) is 19.5 Å². The Kier molecular flexibility index (Phi) is 6.98. The van der Waals surface area contributed by atoms with Crippen LogP contribution in [0.5, 0.6) is 0 Å². The SMILES string of the molecule is COCCNC(=O)CCNC(C)c1ccncc1. The highest BCUT2D eigenvalue weighted by Crippen LogP contribution is 2.09. The number of hydrogen-bond donors (Lipinski definition) is 2. The van der Waals surface area contributed by atoms with Crippen LogP contribution in [-0.4, -0.2) is 37.7 Å². The fraction of sp³-hybridized carbons (Fsp3) is 0.538. The van der Waals surface area contributed by atoms with E-state index in [4.69, 9.17) is 4.74 Å². The van der Waals surface area contributed by atoms with Crippen LogP contribution in [0.25, 0.3) is 0 Å². The number of ether oxygens (including phenoxy) is 1. The number of nitrogens with one attached hydrogen (secondary N) is 2. The summed E-state index contributed by atoms with van der Waals surface area (Å²) in [5.41, 5.74) is 1.17. The van der Waals surface area contributed by atoms with E-state index in [1.165, 1.54) is 5.56 Å². The third-order valence-corrected chi connectivity index (χ3v) is 2.64. The molecule has 1 unspecified atom stereocenters. The zero-order valence-electron chi connectivity index (χ0n) is 11.0. The molecule has 18 heavy (non-hydrogen) atoms. The second-order valence-corrected chi connectivity index (χ2v) is 4.05. The maximum Gasteiger partial charge on any atom is 0.221 e. The fourth-order valence-electron chi connectivity index (χ4n) is 1.55. The van der Waals surface area contributed by atoms with Gasteiger partial charge in [0, 0.05) is 45.1 Å². The molecular formula is C13H21N3O2. The smallest absolute Gasteiger partial charge is 0.221 e. The molecule has 5 nitrogen and oxygen atoms in total. The van der Waals surface area contributed by atoms with Crippen molar-refractivity contribution < 1.29 is 9.53 Å². The third kappa shape index (κ3) is 5.75. The second-order valence-electron chi connectivity index (χ2n) is 4.05. The van der Waals surface area contributed by atoms with Gasteiger partial charge in [-0.3, -0.25) is 9.78 Å². The van der Waals surface area contributed by atoms with Crippen molar-refractivity contribution in [3.63, 3.8) is 0 Å². The van der Waals surface area contributed by atoms with Gasteiger partial charge in [-0.05, 0) is 24.6 Å². The first-order valence-electron chi connectivity index (χ1n) is 6.13. The van der Waals surface area contributed by atoms with Gasteiger partial charge >= 0.3 is 0 Å². The highest BCUT2D eigenvalue weighted by atomic mass is 16.5. The monoisotopic (exact) mass is 251 g/mol. The van der Waals surface area contributed by atoms with Gasteiger partial charge in [-0.15, -0.1) is 0 Å². The molecule has 5 heteroatoms. The lowest BCUT2D eigenvalue weighted by Crippen LogP contribution is -2.30.